The number of amides is 1. The topological polar surface area (TPSA) is 99.1 Å². The molecule has 2 aromatic rings. The Morgan fingerprint density at radius 3 is 2.54 bits per heavy atom. The Morgan fingerprint density at radius 2 is 1.83 bits per heavy atom. The number of hydrogen-bond donors (Lipinski definition) is 2. The molecule has 0 aromatic heterocycles. The molecule has 2 aromatic carbocycles. The van der Waals surface area contributed by atoms with Crippen molar-refractivity contribution in [1.29, 1.82) is 5.26 Å². The molecular weight excluding hydrogens is 326 g/mol. The molecule has 0 unspecified atom stereocenters. The summed E-state index contributed by atoms with van der Waals surface area (Å²) in [6.45, 7) is 0.0718. The minimum absolute atomic E-state index is 0.0429. The summed E-state index contributed by atoms with van der Waals surface area (Å²) in [6, 6.07) is 17.2. The average Bonchev–Trinajstić information content (AvgIpc) is 2.61. The smallest absolute Gasteiger partial charge is 0.241 e. The summed E-state index contributed by atoms with van der Waals surface area (Å²) in [5.41, 5.74) is 1.33. The van der Waals surface area contributed by atoms with Gasteiger partial charge in [-0.1, -0.05) is 36.4 Å². The van der Waals surface area contributed by atoms with Gasteiger partial charge in [0.25, 0.3) is 0 Å². The molecule has 0 aliphatic heterocycles. The lowest BCUT2D eigenvalue weighted by Crippen LogP contribution is -2.37. The second-order valence-electron chi connectivity index (χ2n) is 5.05. The van der Waals surface area contributed by atoms with Gasteiger partial charge < -0.3 is 5.32 Å². The monoisotopic (exact) mass is 343 g/mol. The second kappa shape index (κ2) is 8.24. The van der Waals surface area contributed by atoms with E-state index < -0.39 is 15.9 Å². The van der Waals surface area contributed by atoms with Crippen molar-refractivity contribution in [3.8, 4) is 6.07 Å². The molecule has 0 bridgehead atoms. The van der Waals surface area contributed by atoms with Crippen LogP contribution in [0.1, 0.15) is 11.1 Å². The molecule has 0 aliphatic rings. The van der Waals surface area contributed by atoms with Crippen LogP contribution in [0.3, 0.4) is 0 Å². The van der Waals surface area contributed by atoms with Gasteiger partial charge in [0, 0.05) is 6.54 Å². The summed E-state index contributed by atoms with van der Waals surface area (Å²) in [6.07, 6.45) is 0.670. The van der Waals surface area contributed by atoms with E-state index >= 15 is 0 Å². The maximum absolute atomic E-state index is 12.1. The van der Waals surface area contributed by atoms with Gasteiger partial charge in [0.2, 0.25) is 15.9 Å². The first kappa shape index (κ1) is 17.7. The van der Waals surface area contributed by atoms with Gasteiger partial charge in [-0.2, -0.15) is 5.26 Å². The van der Waals surface area contributed by atoms with Crippen LogP contribution in [0.15, 0.2) is 59.5 Å². The van der Waals surface area contributed by atoms with E-state index in [-0.39, 0.29) is 17.0 Å². The van der Waals surface area contributed by atoms with Crippen LogP contribution in [-0.4, -0.2) is 27.4 Å². The molecule has 0 spiro atoms. The summed E-state index contributed by atoms with van der Waals surface area (Å²) in [5, 5.41) is 11.5. The van der Waals surface area contributed by atoms with Gasteiger partial charge in [0.1, 0.15) is 0 Å². The third-order valence-electron chi connectivity index (χ3n) is 3.27. The Hall–Kier alpha value is -2.69. The number of nitriles is 1. The quantitative estimate of drug-likeness (QED) is 0.789. The second-order valence-corrected chi connectivity index (χ2v) is 6.82. The zero-order valence-corrected chi connectivity index (χ0v) is 13.7. The van der Waals surface area contributed by atoms with Crippen LogP contribution >= 0.6 is 0 Å². The Balaban J connectivity index is 1.83. The van der Waals surface area contributed by atoms with Crippen LogP contribution in [0.4, 0.5) is 0 Å². The van der Waals surface area contributed by atoms with Crippen molar-refractivity contribution in [3.63, 3.8) is 0 Å². The van der Waals surface area contributed by atoms with Crippen LogP contribution < -0.4 is 10.0 Å². The maximum atomic E-state index is 12.1. The third-order valence-corrected chi connectivity index (χ3v) is 4.67. The standard InChI is InChI=1S/C17H17N3O3S/c18-12-15-7-4-8-16(11-15)24(22,23)20-13-17(21)19-10-9-14-5-2-1-3-6-14/h1-8,11,20H,9-10,13H2,(H,19,21). The van der Waals surface area contributed by atoms with Crippen molar-refractivity contribution in [3.05, 3.63) is 65.7 Å². The molecule has 24 heavy (non-hydrogen) atoms. The molecule has 7 heteroatoms. The lowest BCUT2D eigenvalue weighted by Gasteiger charge is -2.08. The molecular formula is C17H17N3O3S. The number of carbonyl (C=O) groups is 1. The van der Waals surface area contributed by atoms with Gasteiger partial charge in [-0.15, -0.1) is 0 Å². The Bertz CT molecular complexity index is 843. The first-order valence-electron chi connectivity index (χ1n) is 7.32. The minimum atomic E-state index is -3.83. The van der Waals surface area contributed by atoms with Crippen molar-refractivity contribution in [2.24, 2.45) is 0 Å². The average molecular weight is 343 g/mol. The molecule has 6 nitrogen and oxygen atoms in total. The molecule has 2 N–H and O–H groups in total. The van der Waals surface area contributed by atoms with E-state index in [4.69, 9.17) is 5.26 Å². The molecule has 0 aliphatic carbocycles. The largest absolute Gasteiger partial charge is 0.355 e. The molecule has 0 heterocycles. The van der Waals surface area contributed by atoms with Gasteiger partial charge >= 0.3 is 0 Å². The number of carbonyl (C=O) groups excluding carboxylic acids is 1. The highest BCUT2D eigenvalue weighted by Gasteiger charge is 2.15. The highest BCUT2D eigenvalue weighted by molar-refractivity contribution is 7.89. The van der Waals surface area contributed by atoms with Crippen molar-refractivity contribution >= 4 is 15.9 Å². The number of rotatable bonds is 7. The van der Waals surface area contributed by atoms with Crippen LogP contribution in [0.5, 0.6) is 0 Å². The molecule has 124 valence electrons. The van der Waals surface area contributed by atoms with Gasteiger partial charge in [-0.3, -0.25) is 4.79 Å². The molecule has 2 rings (SSSR count). The van der Waals surface area contributed by atoms with Gasteiger partial charge in [-0.25, -0.2) is 13.1 Å². The van der Waals surface area contributed by atoms with Crippen molar-refractivity contribution < 1.29 is 13.2 Å². The van der Waals surface area contributed by atoms with E-state index in [9.17, 15) is 13.2 Å². The van der Waals surface area contributed by atoms with E-state index in [1.54, 1.807) is 0 Å². The fraction of sp³-hybridized carbons (Fsp3) is 0.176. The highest BCUT2D eigenvalue weighted by atomic mass is 32.2. The zero-order chi connectivity index (χ0) is 17.4. The molecule has 0 atom stereocenters. The fourth-order valence-electron chi connectivity index (χ4n) is 2.03. The van der Waals surface area contributed by atoms with E-state index in [0.717, 1.165) is 5.56 Å². The van der Waals surface area contributed by atoms with E-state index in [1.807, 2.05) is 36.4 Å². The number of hydrogen-bond acceptors (Lipinski definition) is 4. The first-order chi connectivity index (χ1) is 11.5. The Kier molecular flexibility index (Phi) is 6.07. The van der Waals surface area contributed by atoms with Crippen LogP contribution in [0.25, 0.3) is 0 Å². The molecule has 0 saturated carbocycles. The fourth-order valence-corrected chi connectivity index (χ4v) is 3.06. The van der Waals surface area contributed by atoms with Gasteiger partial charge in [0.15, 0.2) is 0 Å². The van der Waals surface area contributed by atoms with Crippen molar-refractivity contribution in [1.82, 2.24) is 10.0 Å². The van der Waals surface area contributed by atoms with E-state index in [0.29, 0.717) is 13.0 Å². The summed E-state index contributed by atoms with van der Waals surface area (Å²) in [5.74, 6) is -0.411. The predicted molar refractivity (Wildman–Crippen MR) is 89.5 cm³/mol. The Labute approximate surface area is 141 Å². The predicted octanol–water partition coefficient (Wildman–Crippen LogP) is 1.20. The third kappa shape index (κ3) is 5.19. The zero-order valence-electron chi connectivity index (χ0n) is 12.9. The molecule has 0 fully saturated rings. The lowest BCUT2D eigenvalue weighted by atomic mass is 10.1. The van der Waals surface area contributed by atoms with Gasteiger partial charge in [0.05, 0.1) is 23.1 Å². The maximum Gasteiger partial charge on any atom is 0.241 e. The normalized spacial score (nSPS) is 10.8. The molecule has 0 radical (unpaired) electrons. The van der Waals surface area contributed by atoms with Gasteiger partial charge in [-0.05, 0) is 30.2 Å². The number of nitrogens with one attached hydrogen (secondary N) is 2. The SMILES string of the molecule is N#Cc1cccc(S(=O)(=O)NCC(=O)NCCc2ccccc2)c1. The van der Waals surface area contributed by atoms with Crippen LogP contribution in [0, 0.1) is 11.3 Å². The summed E-state index contributed by atoms with van der Waals surface area (Å²) < 4.78 is 26.4. The molecule has 0 saturated heterocycles. The number of sulfonamides is 1. The van der Waals surface area contributed by atoms with E-state index in [2.05, 4.69) is 10.0 Å². The highest BCUT2D eigenvalue weighted by Crippen LogP contribution is 2.10. The number of benzene rings is 2. The van der Waals surface area contributed by atoms with E-state index in [1.165, 1.54) is 24.3 Å². The lowest BCUT2D eigenvalue weighted by molar-refractivity contribution is -0.119. The summed E-state index contributed by atoms with van der Waals surface area (Å²) >= 11 is 0. The Morgan fingerprint density at radius 1 is 1.08 bits per heavy atom. The van der Waals surface area contributed by atoms with Crippen LogP contribution in [0.2, 0.25) is 0 Å². The summed E-state index contributed by atoms with van der Waals surface area (Å²) in [4.78, 5) is 11.7. The van der Waals surface area contributed by atoms with Crippen LogP contribution in [-0.2, 0) is 21.2 Å². The van der Waals surface area contributed by atoms with Crippen molar-refractivity contribution in [2.75, 3.05) is 13.1 Å². The number of nitrogens with zero attached hydrogens (tertiary/aromatic N) is 1. The van der Waals surface area contributed by atoms with Crippen molar-refractivity contribution in [2.45, 2.75) is 11.3 Å². The summed E-state index contributed by atoms with van der Waals surface area (Å²) in [7, 11) is -3.83. The first-order valence-corrected chi connectivity index (χ1v) is 8.80. The molecule has 1 amide bonds. The minimum Gasteiger partial charge on any atom is -0.355 e.